The molecule has 1 amide bonds. The minimum absolute atomic E-state index is 0.0262. The third-order valence-corrected chi connectivity index (χ3v) is 8.87. The Morgan fingerprint density at radius 3 is 2.53 bits per heavy atom. The van der Waals surface area contributed by atoms with Crippen LogP contribution in [0.4, 0.5) is 5.13 Å². The van der Waals surface area contributed by atoms with Gasteiger partial charge in [0, 0.05) is 31.7 Å². The number of hydrogen-bond donors (Lipinski definition) is 0. The van der Waals surface area contributed by atoms with Gasteiger partial charge in [-0.15, -0.1) is 0 Å². The summed E-state index contributed by atoms with van der Waals surface area (Å²) in [4.78, 5) is 22.7. The normalized spacial score (nSPS) is 15.0. The van der Waals surface area contributed by atoms with Crippen LogP contribution < -0.4 is 4.90 Å². The van der Waals surface area contributed by atoms with E-state index in [4.69, 9.17) is 9.72 Å². The highest BCUT2D eigenvalue weighted by molar-refractivity contribution is 7.91. The van der Waals surface area contributed by atoms with Gasteiger partial charge in [0.25, 0.3) is 5.91 Å². The fourth-order valence-electron chi connectivity index (χ4n) is 4.16. The summed E-state index contributed by atoms with van der Waals surface area (Å²) in [5, 5.41) is 0.668. The van der Waals surface area contributed by atoms with Gasteiger partial charge in [0.15, 0.2) is 15.0 Å². The first-order chi connectivity index (χ1) is 16.3. The number of ether oxygens (including phenoxy) is 1. The Morgan fingerprint density at radius 1 is 1.15 bits per heavy atom. The zero-order valence-corrected chi connectivity index (χ0v) is 21.5. The number of amides is 1. The first-order valence-corrected chi connectivity index (χ1v) is 14.1. The molecule has 2 aromatic carbocycles. The van der Waals surface area contributed by atoms with Crippen LogP contribution in [0, 0.1) is 13.8 Å². The lowest BCUT2D eigenvalue weighted by molar-refractivity contribution is 0.0376. The van der Waals surface area contributed by atoms with Crippen LogP contribution in [0.5, 0.6) is 0 Å². The Morgan fingerprint density at radius 2 is 1.85 bits per heavy atom. The first-order valence-electron chi connectivity index (χ1n) is 11.6. The van der Waals surface area contributed by atoms with Crippen molar-refractivity contribution in [3.63, 3.8) is 0 Å². The number of carbonyl (C=O) groups is 1. The van der Waals surface area contributed by atoms with E-state index in [1.165, 1.54) is 23.5 Å². The van der Waals surface area contributed by atoms with Crippen LogP contribution in [-0.2, 0) is 14.6 Å². The average molecular weight is 502 g/mol. The molecule has 182 valence electrons. The molecule has 2 heterocycles. The van der Waals surface area contributed by atoms with E-state index < -0.39 is 9.84 Å². The zero-order chi connectivity index (χ0) is 24.3. The van der Waals surface area contributed by atoms with Gasteiger partial charge in [0.05, 0.1) is 34.1 Å². The van der Waals surface area contributed by atoms with Crippen molar-refractivity contribution in [1.82, 2.24) is 9.88 Å². The van der Waals surface area contributed by atoms with E-state index >= 15 is 0 Å². The molecule has 1 aromatic heterocycles. The molecule has 0 unspecified atom stereocenters. The number of fused-ring (bicyclic) bond motifs is 1. The standard InChI is InChI=1S/C25H31N3O4S2/c1-4-34(30,31)21-8-6-20(7-9-21)24(29)28(11-5-10-27-12-14-32-15-13-27)25-26-23-19(3)16-18(2)17-22(23)33-25/h6-9,16-17H,4-5,10-15H2,1-3H3. The molecule has 3 aromatic rings. The summed E-state index contributed by atoms with van der Waals surface area (Å²) >= 11 is 1.52. The minimum atomic E-state index is -3.32. The molecular formula is C25H31N3O4S2. The molecule has 4 rings (SSSR count). The molecule has 0 aliphatic carbocycles. The number of carbonyl (C=O) groups excluding carboxylic acids is 1. The highest BCUT2D eigenvalue weighted by Gasteiger charge is 2.23. The molecule has 1 fully saturated rings. The molecule has 0 radical (unpaired) electrons. The third-order valence-electron chi connectivity index (χ3n) is 6.09. The monoisotopic (exact) mass is 501 g/mol. The number of aryl methyl sites for hydroxylation is 2. The van der Waals surface area contributed by atoms with Crippen molar-refractivity contribution >= 4 is 42.4 Å². The van der Waals surface area contributed by atoms with Crippen molar-refractivity contribution in [3.05, 3.63) is 53.1 Å². The minimum Gasteiger partial charge on any atom is -0.379 e. The lowest BCUT2D eigenvalue weighted by Gasteiger charge is -2.27. The quantitative estimate of drug-likeness (QED) is 0.463. The molecule has 1 saturated heterocycles. The Hall–Kier alpha value is -2.33. The predicted octanol–water partition coefficient (Wildman–Crippen LogP) is 4.08. The van der Waals surface area contributed by atoms with Crippen molar-refractivity contribution in [2.75, 3.05) is 50.0 Å². The number of sulfone groups is 1. The summed E-state index contributed by atoms with van der Waals surface area (Å²) in [6, 6.07) is 10.4. The van der Waals surface area contributed by atoms with Crippen molar-refractivity contribution < 1.29 is 17.9 Å². The molecule has 1 aliphatic rings. The van der Waals surface area contributed by atoms with Crippen LogP contribution in [-0.4, -0.2) is 69.4 Å². The second-order valence-corrected chi connectivity index (χ2v) is 11.9. The van der Waals surface area contributed by atoms with Gasteiger partial charge in [0.2, 0.25) is 0 Å². The SMILES string of the molecule is CCS(=O)(=O)c1ccc(C(=O)N(CCCN2CCOCC2)c2nc3c(C)cc(C)cc3s2)cc1. The van der Waals surface area contributed by atoms with E-state index in [9.17, 15) is 13.2 Å². The molecule has 34 heavy (non-hydrogen) atoms. The molecular weight excluding hydrogens is 470 g/mol. The van der Waals surface area contributed by atoms with E-state index in [-0.39, 0.29) is 16.6 Å². The van der Waals surface area contributed by atoms with Crippen LogP contribution >= 0.6 is 11.3 Å². The Labute approximate surface area is 205 Å². The van der Waals surface area contributed by atoms with Gasteiger partial charge in [-0.25, -0.2) is 13.4 Å². The first kappa shape index (κ1) is 24.8. The summed E-state index contributed by atoms with van der Waals surface area (Å²) in [5.74, 6) is -0.144. The summed E-state index contributed by atoms with van der Waals surface area (Å²) in [5.41, 5.74) is 3.63. The Kier molecular flexibility index (Phi) is 7.67. The van der Waals surface area contributed by atoms with Crippen molar-refractivity contribution in [1.29, 1.82) is 0 Å². The number of morpholine rings is 1. The molecule has 9 heteroatoms. The van der Waals surface area contributed by atoms with E-state index in [0.29, 0.717) is 17.2 Å². The van der Waals surface area contributed by atoms with Gasteiger partial charge in [-0.3, -0.25) is 14.6 Å². The maximum Gasteiger partial charge on any atom is 0.260 e. The summed E-state index contributed by atoms with van der Waals surface area (Å²) in [7, 11) is -3.32. The van der Waals surface area contributed by atoms with Crippen LogP contribution in [0.2, 0.25) is 0 Å². The maximum atomic E-state index is 13.6. The van der Waals surface area contributed by atoms with Crippen molar-refractivity contribution in [2.45, 2.75) is 32.1 Å². The molecule has 7 nitrogen and oxygen atoms in total. The summed E-state index contributed by atoms with van der Waals surface area (Å²) in [6.07, 6.45) is 0.808. The highest BCUT2D eigenvalue weighted by atomic mass is 32.2. The van der Waals surface area contributed by atoms with Crippen molar-refractivity contribution in [2.24, 2.45) is 0 Å². The van der Waals surface area contributed by atoms with Gasteiger partial charge in [-0.2, -0.15) is 0 Å². The number of aromatic nitrogens is 1. The lowest BCUT2D eigenvalue weighted by atomic mass is 10.1. The van der Waals surface area contributed by atoms with E-state index in [2.05, 4.69) is 24.0 Å². The fourth-order valence-corrected chi connectivity index (χ4v) is 6.21. The molecule has 0 N–H and O–H groups in total. The smallest absolute Gasteiger partial charge is 0.260 e. The van der Waals surface area contributed by atoms with Gasteiger partial charge in [-0.05, 0) is 61.7 Å². The van der Waals surface area contributed by atoms with Crippen molar-refractivity contribution in [3.8, 4) is 0 Å². The van der Waals surface area contributed by atoms with Gasteiger partial charge >= 0.3 is 0 Å². The lowest BCUT2D eigenvalue weighted by Crippen LogP contribution is -2.39. The second-order valence-electron chi connectivity index (χ2n) is 8.62. The predicted molar refractivity (Wildman–Crippen MR) is 137 cm³/mol. The van der Waals surface area contributed by atoms with Gasteiger partial charge in [0.1, 0.15) is 0 Å². The number of anilines is 1. The van der Waals surface area contributed by atoms with Gasteiger partial charge in [-0.1, -0.05) is 24.3 Å². The number of thiazole rings is 1. The largest absolute Gasteiger partial charge is 0.379 e. The van der Waals surface area contributed by atoms with Crippen LogP contribution in [0.25, 0.3) is 10.2 Å². The van der Waals surface area contributed by atoms with E-state index in [0.717, 1.165) is 60.6 Å². The number of benzene rings is 2. The van der Waals surface area contributed by atoms with Crippen LogP contribution in [0.15, 0.2) is 41.3 Å². The number of hydrogen-bond acceptors (Lipinski definition) is 7. The van der Waals surface area contributed by atoms with Crippen LogP contribution in [0.1, 0.15) is 34.8 Å². The highest BCUT2D eigenvalue weighted by Crippen LogP contribution is 2.32. The second kappa shape index (κ2) is 10.5. The number of rotatable bonds is 8. The van der Waals surface area contributed by atoms with Crippen LogP contribution in [0.3, 0.4) is 0 Å². The average Bonchev–Trinajstić information content (AvgIpc) is 3.26. The number of nitrogens with zero attached hydrogens (tertiary/aromatic N) is 3. The molecule has 0 bridgehead atoms. The zero-order valence-electron chi connectivity index (χ0n) is 19.9. The Balaban J connectivity index is 1.61. The Bertz CT molecular complexity index is 1260. The molecule has 0 saturated carbocycles. The summed E-state index contributed by atoms with van der Waals surface area (Å²) < 4.78 is 30.8. The topological polar surface area (TPSA) is 79.8 Å². The molecule has 0 spiro atoms. The van der Waals surface area contributed by atoms with Gasteiger partial charge < -0.3 is 4.74 Å². The maximum absolute atomic E-state index is 13.6. The van der Waals surface area contributed by atoms with E-state index in [1.807, 2.05) is 6.92 Å². The third kappa shape index (κ3) is 5.49. The fraction of sp³-hybridized carbons (Fsp3) is 0.440. The summed E-state index contributed by atoms with van der Waals surface area (Å²) in [6.45, 7) is 10.4. The van der Waals surface area contributed by atoms with E-state index in [1.54, 1.807) is 24.0 Å². The molecule has 1 aliphatic heterocycles. The molecule has 0 atom stereocenters.